The first-order chi connectivity index (χ1) is 11.8. The van der Waals surface area contributed by atoms with Gasteiger partial charge in [-0.25, -0.2) is 4.79 Å². The zero-order valence-corrected chi connectivity index (χ0v) is 16.3. The van der Waals surface area contributed by atoms with E-state index in [0.717, 1.165) is 5.69 Å². The molecule has 0 aliphatic heterocycles. The normalized spacial score (nSPS) is 11.8. The Morgan fingerprint density at radius 2 is 1.80 bits per heavy atom. The molecule has 4 nitrogen and oxygen atoms in total. The van der Waals surface area contributed by atoms with Gasteiger partial charge in [-0.2, -0.15) is 0 Å². The second-order valence-corrected chi connectivity index (χ2v) is 6.49. The van der Waals surface area contributed by atoms with E-state index in [9.17, 15) is 4.79 Å². The topological polar surface area (TPSA) is 38.8 Å². The SMILES string of the molecule is CCN(c1ccccc1)C(C)OC(=O)Oc1c(Cl)cc(Cl)c(C)c1Cl. The Morgan fingerprint density at radius 1 is 1.16 bits per heavy atom. The van der Waals surface area contributed by atoms with Crippen LogP contribution in [0.3, 0.4) is 0 Å². The molecule has 1 unspecified atom stereocenters. The van der Waals surface area contributed by atoms with Gasteiger partial charge >= 0.3 is 6.16 Å². The minimum absolute atomic E-state index is 0.0326. The van der Waals surface area contributed by atoms with Crippen LogP contribution in [0.5, 0.6) is 5.75 Å². The molecule has 1 atom stereocenters. The third kappa shape index (κ3) is 4.72. The number of halogens is 3. The van der Waals surface area contributed by atoms with Crippen molar-refractivity contribution in [3.05, 3.63) is 57.0 Å². The van der Waals surface area contributed by atoms with Crippen LogP contribution in [0.2, 0.25) is 15.1 Å². The van der Waals surface area contributed by atoms with Crippen LogP contribution in [0.25, 0.3) is 0 Å². The summed E-state index contributed by atoms with van der Waals surface area (Å²) < 4.78 is 10.6. The Kier molecular flexibility index (Phi) is 6.82. The first kappa shape index (κ1) is 19.7. The summed E-state index contributed by atoms with van der Waals surface area (Å²) in [5, 5.41) is 0.712. The molecule has 2 rings (SSSR count). The van der Waals surface area contributed by atoms with Crippen LogP contribution in [0.4, 0.5) is 10.5 Å². The Morgan fingerprint density at radius 3 is 2.40 bits per heavy atom. The molecule has 0 radical (unpaired) electrons. The lowest BCUT2D eigenvalue weighted by molar-refractivity contribution is 0.0646. The monoisotopic (exact) mass is 401 g/mol. The predicted octanol–water partition coefficient (Wildman–Crippen LogP) is 6.34. The van der Waals surface area contributed by atoms with E-state index in [1.54, 1.807) is 13.8 Å². The highest BCUT2D eigenvalue weighted by atomic mass is 35.5. The molecule has 134 valence electrons. The van der Waals surface area contributed by atoms with E-state index in [4.69, 9.17) is 44.3 Å². The molecule has 25 heavy (non-hydrogen) atoms. The van der Waals surface area contributed by atoms with Gasteiger partial charge in [0.25, 0.3) is 0 Å². The summed E-state index contributed by atoms with van der Waals surface area (Å²) in [7, 11) is 0. The Balaban J connectivity index is 2.11. The summed E-state index contributed by atoms with van der Waals surface area (Å²) in [5.41, 5.74) is 1.51. The van der Waals surface area contributed by atoms with Crippen LogP contribution >= 0.6 is 34.8 Å². The molecule has 0 saturated heterocycles. The number of anilines is 1. The number of nitrogens with zero attached hydrogens (tertiary/aromatic N) is 1. The Labute approximate surface area is 162 Å². The zero-order valence-electron chi connectivity index (χ0n) is 14.1. The maximum Gasteiger partial charge on any atom is 0.515 e. The Hall–Kier alpha value is -1.62. The van der Waals surface area contributed by atoms with Crippen molar-refractivity contribution in [1.29, 1.82) is 0 Å². The van der Waals surface area contributed by atoms with Crippen molar-refractivity contribution in [2.75, 3.05) is 11.4 Å². The average molecular weight is 403 g/mol. The van der Waals surface area contributed by atoms with Crippen molar-refractivity contribution in [3.63, 3.8) is 0 Å². The number of carbonyl (C=O) groups is 1. The lowest BCUT2D eigenvalue weighted by Crippen LogP contribution is -2.37. The highest BCUT2D eigenvalue weighted by Gasteiger charge is 2.22. The highest BCUT2D eigenvalue weighted by molar-refractivity contribution is 6.41. The molecular weight excluding hydrogens is 385 g/mol. The van der Waals surface area contributed by atoms with Gasteiger partial charge in [-0.1, -0.05) is 53.0 Å². The summed E-state index contributed by atoms with van der Waals surface area (Å²) in [6.07, 6.45) is -1.43. The van der Waals surface area contributed by atoms with Crippen molar-refractivity contribution >= 4 is 46.6 Å². The second-order valence-electron chi connectivity index (χ2n) is 5.30. The molecule has 0 N–H and O–H groups in total. The van der Waals surface area contributed by atoms with Crippen LogP contribution in [0.15, 0.2) is 36.4 Å². The first-order valence-electron chi connectivity index (χ1n) is 7.69. The van der Waals surface area contributed by atoms with Crippen molar-refractivity contribution in [2.45, 2.75) is 27.0 Å². The molecule has 0 aromatic heterocycles. The molecule has 0 bridgehead atoms. The molecule has 0 amide bonds. The van der Waals surface area contributed by atoms with Gasteiger partial charge in [-0.15, -0.1) is 0 Å². The number of para-hydroxylation sites is 1. The molecule has 7 heteroatoms. The first-order valence-corrected chi connectivity index (χ1v) is 8.82. The fraction of sp³-hybridized carbons (Fsp3) is 0.278. The zero-order chi connectivity index (χ0) is 18.6. The summed E-state index contributed by atoms with van der Waals surface area (Å²) in [6.45, 7) is 6.08. The van der Waals surface area contributed by atoms with Crippen LogP contribution in [0, 0.1) is 6.92 Å². The molecule has 0 aliphatic rings. The van der Waals surface area contributed by atoms with Gasteiger partial charge in [0.05, 0.1) is 10.0 Å². The minimum atomic E-state index is -0.896. The second kappa shape index (κ2) is 8.65. The number of hydrogen-bond donors (Lipinski definition) is 0. The summed E-state index contributed by atoms with van der Waals surface area (Å²) >= 11 is 18.2. The van der Waals surface area contributed by atoms with E-state index < -0.39 is 12.4 Å². The van der Waals surface area contributed by atoms with E-state index >= 15 is 0 Å². The molecule has 0 heterocycles. The van der Waals surface area contributed by atoms with Gasteiger partial charge in [0.2, 0.25) is 0 Å². The fourth-order valence-electron chi connectivity index (χ4n) is 2.34. The number of rotatable bonds is 5. The van der Waals surface area contributed by atoms with Gasteiger partial charge in [-0.05, 0) is 44.5 Å². The van der Waals surface area contributed by atoms with Gasteiger partial charge in [0, 0.05) is 17.3 Å². The summed E-state index contributed by atoms with van der Waals surface area (Å²) in [5.74, 6) is 0.0326. The lowest BCUT2D eigenvalue weighted by Gasteiger charge is -2.29. The third-order valence-electron chi connectivity index (χ3n) is 3.68. The fourth-order valence-corrected chi connectivity index (χ4v) is 3.18. The number of benzene rings is 2. The molecular formula is C18H18Cl3NO3. The molecule has 0 spiro atoms. The molecule has 2 aromatic rings. The molecule has 0 saturated carbocycles. The van der Waals surface area contributed by atoms with Crippen molar-refractivity contribution in [2.24, 2.45) is 0 Å². The van der Waals surface area contributed by atoms with E-state index in [1.165, 1.54) is 6.07 Å². The maximum absolute atomic E-state index is 12.2. The van der Waals surface area contributed by atoms with Crippen LogP contribution < -0.4 is 9.64 Å². The summed E-state index contributed by atoms with van der Waals surface area (Å²) in [4.78, 5) is 14.1. The number of ether oxygens (including phenoxy) is 2. The van der Waals surface area contributed by atoms with Crippen molar-refractivity contribution < 1.29 is 14.3 Å². The maximum atomic E-state index is 12.2. The molecule has 0 fully saturated rings. The van der Waals surface area contributed by atoms with Gasteiger partial charge in [-0.3, -0.25) is 0 Å². The Bertz CT molecular complexity index is 753. The average Bonchev–Trinajstić information content (AvgIpc) is 2.58. The predicted molar refractivity (Wildman–Crippen MR) is 102 cm³/mol. The number of hydrogen-bond acceptors (Lipinski definition) is 4. The summed E-state index contributed by atoms with van der Waals surface area (Å²) in [6, 6.07) is 11.1. The standard InChI is InChI=1S/C18H18Cl3NO3/c1-4-22(13-8-6-5-7-9-13)12(3)24-18(23)25-17-15(20)10-14(19)11(2)16(17)21/h5-10,12H,4H2,1-3H3. The van der Waals surface area contributed by atoms with E-state index in [0.29, 0.717) is 17.1 Å². The number of carbonyl (C=O) groups excluding carboxylic acids is 1. The van der Waals surface area contributed by atoms with Crippen LogP contribution in [0.1, 0.15) is 19.4 Å². The quantitative estimate of drug-likeness (QED) is 0.332. The lowest BCUT2D eigenvalue weighted by atomic mass is 10.2. The highest BCUT2D eigenvalue weighted by Crippen LogP contribution is 2.39. The smallest absolute Gasteiger partial charge is 0.410 e. The van der Waals surface area contributed by atoms with Crippen LogP contribution in [-0.4, -0.2) is 18.9 Å². The molecule has 0 aliphatic carbocycles. The van der Waals surface area contributed by atoms with E-state index in [-0.39, 0.29) is 15.8 Å². The largest absolute Gasteiger partial charge is 0.515 e. The minimum Gasteiger partial charge on any atom is -0.410 e. The van der Waals surface area contributed by atoms with Crippen LogP contribution in [-0.2, 0) is 4.74 Å². The third-order valence-corrected chi connectivity index (χ3v) is 4.81. The van der Waals surface area contributed by atoms with E-state index in [2.05, 4.69) is 0 Å². The van der Waals surface area contributed by atoms with Crippen molar-refractivity contribution in [1.82, 2.24) is 0 Å². The van der Waals surface area contributed by atoms with Crippen molar-refractivity contribution in [3.8, 4) is 5.75 Å². The van der Waals surface area contributed by atoms with Gasteiger partial charge in [0.15, 0.2) is 12.0 Å². The molecule has 2 aromatic carbocycles. The van der Waals surface area contributed by atoms with Gasteiger partial charge < -0.3 is 14.4 Å². The van der Waals surface area contributed by atoms with Gasteiger partial charge in [0.1, 0.15) is 0 Å². The van der Waals surface area contributed by atoms with E-state index in [1.807, 2.05) is 42.2 Å².